The van der Waals surface area contributed by atoms with Gasteiger partial charge in [0.15, 0.2) is 11.5 Å². The van der Waals surface area contributed by atoms with E-state index in [4.69, 9.17) is 0 Å². The van der Waals surface area contributed by atoms with Crippen LogP contribution < -0.4 is 5.32 Å². The van der Waals surface area contributed by atoms with Crippen LogP contribution in [0, 0.1) is 5.82 Å². The van der Waals surface area contributed by atoms with Crippen LogP contribution in [0.2, 0.25) is 0 Å². The Hall–Kier alpha value is -3.28. The van der Waals surface area contributed by atoms with E-state index in [-0.39, 0.29) is 5.65 Å². The zero-order valence-electron chi connectivity index (χ0n) is 12.7. The topological polar surface area (TPSA) is 55.1 Å². The van der Waals surface area contributed by atoms with Crippen molar-refractivity contribution in [3.05, 3.63) is 78.5 Å². The molecule has 1 aromatic carbocycles. The van der Waals surface area contributed by atoms with Crippen molar-refractivity contribution in [3.63, 3.8) is 0 Å². The minimum absolute atomic E-state index is 0.199. The van der Waals surface area contributed by atoms with Gasteiger partial charge in [-0.1, -0.05) is 36.4 Å². The summed E-state index contributed by atoms with van der Waals surface area (Å²) in [5, 5.41) is 7.65. The van der Waals surface area contributed by atoms with Crippen LogP contribution in [-0.4, -0.2) is 19.6 Å². The summed E-state index contributed by atoms with van der Waals surface area (Å²) in [6.45, 7) is 0.565. The van der Waals surface area contributed by atoms with Gasteiger partial charge in [-0.05, 0) is 17.7 Å². The fourth-order valence-corrected chi connectivity index (χ4v) is 2.53. The van der Waals surface area contributed by atoms with E-state index in [0.717, 1.165) is 11.1 Å². The first-order chi connectivity index (χ1) is 11.8. The number of hydrogen-bond acceptors (Lipinski definition) is 4. The molecule has 0 fully saturated rings. The number of fused-ring (bicyclic) bond motifs is 1. The van der Waals surface area contributed by atoms with Gasteiger partial charge in [-0.25, -0.2) is 9.37 Å². The Morgan fingerprint density at radius 3 is 2.67 bits per heavy atom. The van der Waals surface area contributed by atoms with Gasteiger partial charge >= 0.3 is 0 Å². The summed E-state index contributed by atoms with van der Waals surface area (Å²) in [5.74, 6) is 0.246. The Kier molecular flexibility index (Phi) is 3.63. The Morgan fingerprint density at radius 2 is 1.88 bits per heavy atom. The second-order valence-electron chi connectivity index (χ2n) is 5.31. The lowest BCUT2D eigenvalue weighted by atomic mass is 10.1. The largest absolute Gasteiger partial charge is 0.366 e. The highest BCUT2D eigenvalue weighted by Gasteiger charge is 2.17. The molecule has 0 saturated heterocycles. The van der Waals surface area contributed by atoms with Crippen molar-refractivity contribution in [2.45, 2.75) is 6.54 Å². The Morgan fingerprint density at radius 1 is 1.00 bits per heavy atom. The van der Waals surface area contributed by atoms with Crippen molar-refractivity contribution in [1.29, 1.82) is 0 Å². The van der Waals surface area contributed by atoms with Crippen LogP contribution >= 0.6 is 0 Å². The molecule has 4 rings (SSSR count). The second kappa shape index (κ2) is 6.08. The minimum atomic E-state index is -0.425. The lowest BCUT2D eigenvalue weighted by Gasteiger charge is -2.07. The number of pyridine rings is 1. The van der Waals surface area contributed by atoms with Crippen LogP contribution in [0.5, 0.6) is 0 Å². The van der Waals surface area contributed by atoms with Crippen molar-refractivity contribution in [2.24, 2.45) is 0 Å². The molecule has 118 valence electrons. The molecule has 3 heterocycles. The number of aromatic nitrogens is 4. The summed E-state index contributed by atoms with van der Waals surface area (Å²) in [7, 11) is 0. The number of halogens is 1. The normalized spacial score (nSPS) is 10.9. The highest BCUT2D eigenvalue weighted by atomic mass is 19.1. The van der Waals surface area contributed by atoms with Gasteiger partial charge in [0, 0.05) is 30.7 Å². The third-order valence-electron chi connectivity index (χ3n) is 3.71. The average molecular weight is 319 g/mol. The third-order valence-corrected chi connectivity index (χ3v) is 3.71. The van der Waals surface area contributed by atoms with E-state index >= 15 is 0 Å². The molecule has 0 aliphatic rings. The van der Waals surface area contributed by atoms with Crippen molar-refractivity contribution in [2.75, 3.05) is 5.32 Å². The predicted molar refractivity (Wildman–Crippen MR) is 89.9 cm³/mol. The first-order valence-corrected chi connectivity index (χ1v) is 7.54. The molecule has 0 atom stereocenters. The smallest absolute Gasteiger partial charge is 0.195 e. The molecule has 5 nitrogen and oxygen atoms in total. The number of anilines is 1. The zero-order chi connectivity index (χ0) is 16.4. The lowest BCUT2D eigenvalue weighted by molar-refractivity contribution is 0.639. The molecule has 0 bridgehead atoms. The molecule has 1 N–H and O–H groups in total. The van der Waals surface area contributed by atoms with E-state index in [1.54, 1.807) is 24.7 Å². The zero-order valence-corrected chi connectivity index (χ0v) is 12.7. The van der Waals surface area contributed by atoms with E-state index in [1.807, 2.05) is 42.5 Å². The van der Waals surface area contributed by atoms with Gasteiger partial charge in [-0.2, -0.15) is 9.61 Å². The molecule has 0 radical (unpaired) electrons. The molecule has 0 spiro atoms. The first kappa shape index (κ1) is 14.3. The van der Waals surface area contributed by atoms with Crippen LogP contribution in [0.15, 0.2) is 67.1 Å². The molecule has 24 heavy (non-hydrogen) atoms. The second-order valence-corrected chi connectivity index (χ2v) is 5.31. The van der Waals surface area contributed by atoms with Crippen LogP contribution in [0.4, 0.5) is 10.2 Å². The van der Waals surface area contributed by atoms with Gasteiger partial charge in [0.05, 0.1) is 0 Å². The van der Waals surface area contributed by atoms with E-state index in [1.165, 1.54) is 4.52 Å². The molecular formula is C18H14FN5. The highest BCUT2D eigenvalue weighted by molar-refractivity contribution is 5.66. The Labute approximate surface area is 137 Å². The quantitative estimate of drug-likeness (QED) is 0.625. The first-order valence-electron chi connectivity index (χ1n) is 7.54. The van der Waals surface area contributed by atoms with Crippen molar-refractivity contribution < 1.29 is 4.39 Å². The van der Waals surface area contributed by atoms with Gasteiger partial charge in [0.25, 0.3) is 0 Å². The van der Waals surface area contributed by atoms with Crippen molar-refractivity contribution in [1.82, 2.24) is 19.6 Å². The average Bonchev–Trinajstić information content (AvgIpc) is 2.99. The number of rotatable bonds is 4. The maximum absolute atomic E-state index is 14.7. The Bertz CT molecular complexity index is 967. The van der Waals surface area contributed by atoms with Gasteiger partial charge in [0.1, 0.15) is 11.5 Å². The van der Waals surface area contributed by atoms with E-state index in [0.29, 0.717) is 18.1 Å². The molecule has 0 saturated carbocycles. The summed E-state index contributed by atoms with van der Waals surface area (Å²) >= 11 is 0. The summed E-state index contributed by atoms with van der Waals surface area (Å²) in [5.41, 5.74) is 2.24. The molecule has 6 heteroatoms. The maximum Gasteiger partial charge on any atom is 0.195 e. The summed E-state index contributed by atoms with van der Waals surface area (Å²) in [4.78, 5) is 8.20. The van der Waals surface area contributed by atoms with Crippen LogP contribution in [-0.2, 0) is 6.54 Å². The van der Waals surface area contributed by atoms with Gasteiger partial charge < -0.3 is 5.32 Å². The number of benzene rings is 1. The predicted octanol–water partition coefficient (Wildman–Crippen LogP) is 3.54. The number of nitrogens with one attached hydrogen (secondary N) is 1. The molecule has 0 aliphatic heterocycles. The fourth-order valence-electron chi connectivity index (χ4n) is 2.53. The maximum atomic E-state index is 14.7. The molecule has 0 amide bonds. The van der Waals surface area contributed by atoms with Gasteiger partial charge in [-0.3, -0.25) is 4.98 Å². The summed E-state index contributed by atoms with van der Waals surface area (Å²) in [6.07, 6.45) is 5.08. The minimum Gasteiger partial charge on any atom is -0.366 e. The summed E-state index contributed by atoms with van der Waals surface area (Å²) in [6, 6.07) is 14.9. The lowest BCUT2D eigenvalue weighted by Crippen LogP contribution is -2.05. The van der Waals surface area contributed by atoms with Crippen molar-refractivity contribution in [3.8, 4) is 11.3 Å². The monoisotopic (exact) mass is 319 g/mol. The molecule has 4 aromatic rings. The number of hydrogen-bond donors (Lipinski definition) is 1. The van der Waals surface area contributed by atoms with E-state index < -0.39 is 5.82 Å². The highest BCUT2D eigenvalue weighted by Crippen LogP contribution is 2.25. The summed E-state index contributed by atoms with van der Waals surface area (Å²) < 4.78 is 16.2. The van der Waals surface area contributed by atoms with Crippen molar-refractivity contribution >= 4 is 11.5 Å². The molecule has 0 aliphatic carbocycles. The van der Waals surface area contributed by atoms with Crippen LogP contribution in [0.1, 0.15) is 5.56 Å². The molecule has 3 aromatic heterocycles. The van der Waals surface area contributed by atoms with Gasteiger partial charge in [0.2, 0.25) is 0 Å². The fraction of sp³-hybridized carbons (Fsp3) is 0.0556. The van der Waals surface area contributed by atoms with E-state index in [9.17, 15) is 4.39 Å². The standard InChI is InChI=1S/C18H14FN5/c19-16-17(14-6-2-1-3-7-14)23-24-15(8-10-21-18(16)24)22-12-13-5-4-9-20-11-13/h1-11,22H,12H2. The number of nitrogens with zero attached hydrogens (tertiary/aromatic N) is 4. The molecular weight excluding hydrogens is 305 g/mol. The van der Waals surface area contributed by atoms with Crippen LogP contribution in [0.3, 0.4) is 0 Å². The Balaban J connectivity index is 1.72. The van der Waals surface area contributed by atoms with E-state index in [2.05, 4.69) is 20.4 Å². The SMILES string of the molecule is Fc1c(-c2ccccc2)nn2c(NCc3cccnc3)ccnc12. The van der Waals surface area contributed by atoms with Crippen LogP contribution in [0.25, 0.3) is 16.9 Å². The van der Waals surface area contributed by atoms with Gasteiger partial charge in [-0.15, -0.1) is 0 Å². The molecule has 0 unspecified atom stereocenters. The third kappa shape index (κ3) is 2.58.